The van der Waals surface area contributed by atoms with Crippen molar-refractivity contribution in [3.8, 4) is 5.88 Å². The van der Waals surface area contributed by atoms with Crippen molar-refractivity contribution in [2.75, 3.05) is 7.11 Å². The first-order valence-electron chi connectivity index (χ1n) is 3.71. The van der Waals surface area contributed by atoms with Crippen molar-refractivity contribution in [3.05, 3.63) is 23.4 Å². The minimum Gasteiger partial charge on any atom is -0.481 e. The van der Waals surface area contributed by atoms with E-state index in [0.717, 1.165) is 13.2 Å². The molecule has 0 aliphatic rings. The van der Waals surface area contributed by atoms with Crippen LogP contribution < -0.4 is 4.74 Å². The Hall–Kier alpha value is -1.79. The van der Waals surface area contributed by atoms with Gasteiger partial charge in [0.1, 0.15) is 5.56 Å². The molecule has 0 saturated heterocycles. The molecule has 0 aliphatic carbocycles. The van der Waals surface area contributed by atoms with Crippen molar-refractivity contribution in [3.63, 3.8) is 0 Å². The zero-order valence-corrected chi connectivity index (χ0v) is 7.50. The summed E-state index contributed by atoms with van der Waals surface area (Å²) < 4.78 is 41.3. The lowest BCUT2D eigenvalue weighted by atomic mass is 10.2. The van der Waals surface area contributed by atoms with E-state index in [1.807, 2.05) is 0 Å². The number of hydrogen-bond donors (Lipinski definition) is 1. The van der Waals surface area contributed by atoms with Crippen LogP contribution in [0.5, 0.6) is 5.88 Å². The molecule has 1 aromatic heterocycles. The van der Waals surface area contributed by atoms with E-state index in [2.05, 4.69) is 9.72 Å². The maximum Gasteiger partial charge on any atom is 0.421 e. The first-order valence-corrected chi connectivity index (χ1v) is 3.71. The van der Waals surface area contributed by atoms with E-state index in [1.54, 1.807) is 0 Å². The highest BCUT2D eigenvalue weighted by molar-refractivity contribution is 5.85. The molecule has 0 atom stereocenters. The molecule has 15 heavy (non-hydrogen) atoms. The molecular weight excluding hydrogens is 215 g/mol. The third kappa shape index (κ3) is 2.36. The molecule has 7 heteroatoms. The molecule has 0 saturated carbocycles. The summed E-state index contributed by atoms with van der Waals surface area (Å²) >= 11 is 0. The summed E-state index contributed by atoms with van der Waals surface area (Å²) in [6, 6.07) is 1.39. The van der Waals surface area contributed by atoms with Gasteiger partial charge in [0.05, 0.1) is 7.11 Å². The van der Waals surface area contributed by atoms with Gasteiger partial charge in [-0.3, -0.25) is 0 Å². The highest BCUT2D eigenvalue weighted by Gasteiger charge is 2.35. The summed E-state index contributed by atoms with van der Waals surface area (Å²) in [4.78, 5) is 13.6. The Kier molecular flexibility index (Phi) is 2.83. The van der Waals surface area contributed by atoms with E-state index in [-0.39, 0.29) is 0 Å². The van der Waals surface area contributed by atoms with Gasteiger partial charge in [0.25, 0.3) is 0 Å². The quantitative estimate of drug-likeness (QED) is 0.827. The second-order valence-electron chi connectivity index (χ2n) is 2.56. The Morgan fingerprint density at radius 2 is 2.07 bits per heavy atom. The SMILES string of the molecule is COc1nc(C(=O)O)ccc1C(F)(F)F. The lowest BCUT2D eigenvalue weighted by Crippen LogP contribution is -2.11. The largest absolute Gasteiger partial charge is 0.481 e. The smallest absolute Gasteiger partial charge is 0.421 e. The van der Waals surface area contributed by atoms with Crippen LogP contribution >= 0.6 is 0 Å². The third-order valence-electron chi connectivity index (χ3n) is 1.58. The number of halogens is 3. The molecule has 0 aromatic carbocycles. The van der Waals surface area contributed by atoms with E-state index in [4.69, 9.17) is 5.11 Å². The minimum atomic E-state index is -4.62. The first-order chi connectivity index (χ1) is 6.86. The Morgan fingerprint density at radius 1 is 1.47 bits per heavy atom. The highest BCUT2D eigenvalue weighted by atomic mass is 19.4. The van der Waals surface area contributed by atoms with Crippen LogP contribution in [0.4, 0.5) is 13.2 Å². The lowest BCUT2D eigenvalue weighted by Gasteiger charge is -2.10. The van der Waals surface area contributed by atoms with Crippen LogP contribution in [-0.4, -0.2) is 23.2 Å². The fraction of sp³-hybridized carbons (Fsp3) is 0.250. The fourth-order valence-corrected chi connectivity index (χ4v) is 0.931. The predicted molar refractivity (Wildman–Crippen MR) is 42.8 cm³/mol. The van der Waals surface area contributed by atoms with Crippen LogP contribution in [0.2, 0.25) is 0 Å². The fourth-order valence-electron chi connectivity index (χ4n) is 0.931. The number of carbonyl (C=O) groups is 1. The Bertz CT molecular complexity index is 389. The molecule has 0 radical (unpaired) electrons. The minimum absolute atomic E-state index is 0.500. The number of aromatic nitrogens is 1. The van der Waals surface area contributed by atoms with Crippen LogP contribution in [0.1, 0.15) is 16.1 Å². The summed E-state index contributed by atoms with van der Waals surface area (Å²) in [7, 11) is 0.989. The molecule has 82 valence electrons. The summed E-state index contributed by atoms with van der Waals surface area (Å²) in [5.74, 6) is -2.16. The number of alkyl halides is 3. The normalized spacial score (nSPS) is 11.2. The van der Waals surface area contributed by atoms with Crippen LogP contribution in [0, 0.1) is 0 Å². The average molecular weight is 221 g/mol. The maximum absolute atomic E-state index is 12.3. The van der Waals surface area contributed by atoms with Gasteiger partial charge in [0.15, 0.2) is 5.69 Å². The second-order valence-corrected chi connectivity index (χ2v) is 2.56. The molecule has 0 aliphatic heterocycles. The number of ether oxygens (including phenoxy) is 1. The standard InChI is InChI=1S/C8H6F3NO3/c1-15-6-4(8(9,10)11)2-3-5(12-6)7(13)14/h2-3H,1H3,(H,13,14). The zero-order valence-electron chi connectivity index (χ0n) is 7.50. The Labute approximate surface area is 82.3 Å². The van der Waals surface area contributed by atoms with Gasteiger partial charge in [0, 0.05) is 0 Å². The molecule has 1 aromatic rings. The van der Waals surface area contributed by atoms with E-state index >= 15 is 0 Å². The molecule has 4 nitrogen and oxygen atoms in total. The number of nitrogens with zero attached hydrogens (tertiary/aromatic N) is 1. The molecule has 0 amide bonds. The topological polar surface area (TPSA) is 59.4 Å². The van der Waals surface area contributed by atoms with E-state index in [9.17, 15) is 18.0 Å². The van der Waals surface area contributed by atoms with Crippen molar-refractivity contribution in [1.29, 1.82) is 0 Å². The van der Waals surface area contributed by atoms with Gasteiger partial charge in [-0.25, -0.2) is 9.78 Å². The maximum atomic E-state index is 12.3. The van der Waals surface area contributed by atoms with Gasteiger partial charge in [-0.15, -0.1) is 0 Å². The number of methoxy groups -OCH3 is 1. The van der Waals surface area contributed by atoms with Gasteiger partial charge in [-0.1, -0.05) is 0 Å². The molecule has 1 rings (SSSR count). The number of carboxylic acid groups (broad SMARTS) is 1. The molecule has 1 N–H and O–H groups in total. The molecule has 0 bridgehead atoms. The number of carboxylic acids is 1. The molecule has 0 spiro atoms. The first kappa shape index (κ1) is 11.3. The number of hydrogen-bond acceptors (Lipinski definition) is 3. The van der Waals surface area contributed by atoms with E-state index < -0.39 is 29.3 Å². The van der Waals surface area contributed by atoms with Gasteiger partial charge in [-0.05, 0) is 12.1 Å². The van der Waals surface area contributed by atoms with E-state index in [1.165, 1.54) is 0 Å². The lowest BCUT2D eigenvalue weighted by molar-refractivity contribution is -0.139. The average Bonchev–Trinajstić information content (AvgIpc) is 2.15. The van der Waals surface area contributed by atoms with Crippen LogP contribution in [0.25, 0.3) is 0 Å². The summed E-state index contributed by atoms with van der Waals surface area (Å²) in [5, 5.41) is 8.50. The van der Waals surface area contributed by atoms with Gasteiger partial charge >= 0.3 is 12.1 Å². The second kappa shape index (κ2) is 3.76. The summed E-state index contributed by atoms with van der Waals surface area (Å²) in [5.41, 5.74) is -1.60. The van der Waals surface area contributed by atoms with Crippen molar-refractivity contribution in [1.82, 2.24) is 4.98 Å². The number of aromatic carboxylic acids is 1. The van der Waals surface area contributed by atoms with Crippen molar-refractivity contribution in [2.24, 2.45) is 0 Å². The monoisotopic (exact) mass is 221 g/mol. The van der Waals surface area contributed by atoms with Crippen molar-refractivity contribution in [2.45, 2.75) is 6.18 Å². The van der Waals surface area contributed by atoms with Crippen LogP contribution in [0.3, 0.4) is 0 Å². The van der Waals surface area contributed by atoms with Crippen molar-refractivity contribution < 1.29 is 27.8 Å². The number of rotatable bonds is 2. The van der Waals surface area contributed by atoms with Crippen LogP contribution in [0.15, 0.2) is 12.1 Å². The highest BCUT2D eigenvalue weighted by Crippen LogP contribution is 2.34. The zero-order chi connectivity index (χ0) is 11.6. The molecule has 1 heterocycles. The Balaban J connectivity index is 3.27. The molecule has 0 fully saturated rings. The molecule has 0 unspecified atom stereocenters. The van der Waals surface area contributed by atoms with Gasteiger partial charge in [0.2, 0.25) is 5.88 Å². The van der Waals surface area contributed by atoms with Gasteiger partial charge in [-0.2, -0.15) is 13.2 Å². The number of pyridine rings is 1. The van der Waals surface area contributed by atoms with E-state index in [0.29, 0.717) is 6.07 Å². The summed E-state index contributed by atoms with van der Waals surface area (Å²) in [6.07, 6.45) is -4.62. The third-order valence-corrected chi connectivity index (χ3v) is 1.58. The predicted octanol–water partition coefficient (Wildman–Crippen LogP) is 1.81. The summed E-state index contributed by atoms with van der Waals surface area (Å²) in [6.45, 7) is 0. The molecular formula is C8H6F3NO3. The van der Waals surface area contributed by atoms with Crippen molar-refractivity contribution >= 4 is 5.97 Å². The Morgan fingerprint density at radius 3 is 2.47 bits per heavy atom. The van der Waals surface area contributed by atoms with Gasteiger partial charge < -0.3 is 9.84 Å². The van der Waals surface area contributed by atoms with Crippen LogP contribution in [-0.2, 0) is 6.18 Å².